The first kappa shape index (κ1) is 19.3. The Morgan fingerprint density at radius 2 is 1.79 bits per heavy atom. The first-order valence-corrected chi connectivity index (χ1v) is 9.70. The highest BCUT2D eigenvalue weighted by Gasteiger charge is 2.23. The van der Waals surface area contributed by atoms with Gasteiger partial charge >= 0.3 is 0 Å². The fourth-order valence-electron chi connectivity index (χ4n) is 3.29. The van der Waals surface area contributed by atoms with Gasteiger partial charge in [0.25, 0.3) is 0 Å². The molecule has 0 N–H and O–H groups in total. The van der Waals surface area contributed by atoms with E-state index >= 15 is 0 Å². The van der Waals surface area contributed by atoms with Gasteiger partial charge in [-0.1, -0.05) is 23.7 Å². The summed E-state index contributed by atoms with van der Waals surface area (Å²) in [7, 11) is 0. The van der Waals surface area contributed by atoms with Gasteiger partial charge < -0.3 is 9.80 Å². The molecule has 2 aromatic heterocycles. The summed E-state index contributed by atoms with van der Waals surface area (Å²) in [4.78, 5) is 20.6. The lowest BCUT2D eigenvalue weighted by molar-refractivity contribution is -0.130. The lowest BCUT2D eigenvalue weighted by atomic mass is 10.1. The predicted molar refractivity (Wildman–Crippen MR) is 109 cm³/mol. The second kappa shape index (κ2) is 8.53. The first-order chi connectivity index (χ1) is 14.1. The van der Waals surface area contributed by atoms with E-state index in [9.17, 15) is 9.18 Å². The maximum atomic E-state index is 13.9. The molecule has 1 aliphatic heterocycles. The van der Waals surface area contributed by atoms with E-state index in [2.05, 4.69) is 20.1 Å². The number of carbonyl (C=O) groups excluding carboxylic acids is 1. The Morgan fingerprint density at radius 3 is 2.45 bits per heavy atom. The molecule has 1 amide bonds. The number of amides is 1. The van der Waals surface area contributed by atoms with Crippen LogP contribution in [0.1, 0.15) is 5.56 Å². The van der Waals surface area contributed by atoms with Gasteiger partial charge in [0.1, 0.15) is 11.5 Å². The number of hydrogen-bond acceptors (Lipinski definition) is 5. The molecule has 0 spiro atoms. The molecule has 8 heteroatoms. The number of hydrogen-bond donors (Lipinski definition) is 0. The van der Waals surface area contributed by atoms with Crippen LogP contribution >= 0.6 is 11.6 Å². The standard InChI is InChI=1S/C21H19ClFN5O/c22-16-4-3-5-17(23)15(16)14-21(29)28-12-10-27(11-13-28)20-8-7-19(25-26-20)18-6-1-2-9-24-18/h1-9H,10-14H2. The van der Waals surface area contributed by atoms with Crippen LogP contribution in [-0.4, -0.2) is 52.2 Å². The first-order valence-electron chi connectivity index (χ1n) is 9.32. The monoisotopic (exact) mass is 411 g/mol. The van der Waals surface area contributed by atoms with E-state index in [1.807, 2.05) is 30.3 Å². The zero-order valence-corrected chi connectivity index (χ0v) is 16.4. The number of rotatable bonds is 4. The summed E-state index contributed by atoms with van der Waals surface area (Å²) in [5.74, 6) is 0.176. The molecule has 0 bridgehead atoms. The second-order valence-electron chi connectivity index (χ2n) is 6.74. The Hall–Kier alpha value is -3.06. The summed E-state index contributed by atoms with van der Waals surface area (Å²) in [5.41, 5.74) is 1.73. The van der Waals surface area contributed by atoms with E-state index in [0.717, 1.165) is 11.5 Å². The van der Waals surface area contributed by atoms with Crippen LogP contribution in [0.5, 0.6) is 0 Å². The Balaban J connectivity index is 1.36. The Kier molecular flexibility index (Phi) is 5.67. The van der Waals surface area contributed by atoms with E-state index in [-0.39, 0.29) is 22.9 Å². The summed E-state index contributed by atoms with van der Waals surface area (Å²) >= 11 is 6.03. The van der Waals surface area contributed by atoms with Crippen LogP contribution in [0.4, 0.5) is 10.2 Å². The zero-order valence-electron chi connectivity index (χ0n) is 15.6. The molecule has 3 heterocycles. The molecule has 0 saturated carbocycles. The lowest BCUT2D eigenvalue weighted by Crippen LogP contribution is -2.49. The maximum absolute atomic E-state index is 13.9. The van der Waals surface area contributed by atoms with Gasteiger partial charge in [-0.05, 0) is 36.4 Å². The minimum absolute atomic E-state index is 0.0376. The number of anilines is 1. The van der Waals surface area contributed by atoms with Crippen molar-refractivity contribution in [3.63, 3.8) is 0 Å². The number of carbonyl (C=O) groups is 1. The van der Waals surface area contributed by atoms with Crippen molar-refractivity contribution < 1.29 is 9.18 Å². The molecule has 0 radical (unpaired) electrons. The molecule has 1 aromatic carbocycles. The predicted octanol–water partition coefficient (Wildman–Crippen LogP) is 3.22. The maximum Gasteiger partial charge on any atom is 0.227 e. The summed E-state index contributed by atoms with van der Waals surface area (Å²) in [6.45, 7) is 2.34. The highest BCUT2D eigenvalue weighted by atomic mass is 35.5. The molecule has 4 rings (SSSR count). The average molecular weight is 412 g/mol. The average Bonchev–Trinajstić information content (AvgIpc) is 2.77. The van der Waals surface area contributed by atoms with Gasteiger partial charge in [0.2, 0.25) is 5.91 Å². The van der Waals surface area contributed by atoms with Crippen molar-refractivity contribution in [1.82, 2.24) is 20.1 Å². The van der Waals surface area contributed by atoms with Gasteiger partial charge in [-0.25, -0.2) is 4.39 Å². The number of aromatic nitrogens is 3. The molecule has 148 valence electrons. The number of benzene rings is 1. The Morgan fingerprint density at radius 1 is 0.966 bits per heavy atom. The Bertz CT molecular complexity index is 971. The van der Waals surface area contributed by atoms with Crippen LogP contribution < -0.4 is 4.90 Å². The van der Waals surface area contributed by atoms with Gasteiger partial charge in [0.05, 0.1) is 12.1 Å². The number of pyridine rings is 1. The number of piperazine rings is 1. The molecule has 3 aromatic rings. The van der Waals surface area contributed by atoms with Crippen molar-refractivity contribution in [2.75, 3.05) is 31.1 Å². The number of halogens is 2. The summed E-state index contributed by atoms with van der Waals surface area (Å²) in [6, 6.07) is 13.9. The van der Waals surface area contributed by atoms with Crippen LogP contribution in [0.25, 0.3) is 11.4 Å². The highest BCUT2D eigenvalue weighted by molar-refractivity contribution is 6.31. The van der Waals surface area contributed by atoms with Crippen LogP contribution in [0.2, 0.25) is 5.02 Å². The van der Waals surface area contributed by atoms with E-state index in [1.165, 1.54) is 12.1 Å². The molecule has 6 nitrogen and oxygen atoms in total. The third-order valence-electron chi connectivity index (χ3n) is 4.92. The summed E-state index contributed by atoms with van der Waals surface area (Å²) < 4.78 is 13.9. The molecule has 1 fully saturated rings. The van der Waals surface area contributed by atoms with Crippen molar-refractivity contribution in [1.29, 1.82) is 0 Å². The smallest absolute Gasteiger partial charge is 0.227 e. The van der Waals surface area contributed by atoms with Gasteiger partial charge in [0.15, 0.2) is 5.82 Å². The fourth-order valence-corrected chi connectivity index (χ4v) is 3.52. The van der Waals surface area contributed by atoms with Crippen molar-refractivity contribution in [2.24, 2.45) is 0 Å². The molecule has 0 unspecified atom stereocenters. The number of nitrogens with zero attached hydrogens (tertiary/aromatic N) is 5. The topological polar surface area (TPSA) is 62.2 Å². The summed E-state index contributed by atoms with van der Waals surface area (Å²) in [5, 5.41) is 8.85. The van der Waals surface area contributed by atoms with E-state index in [4.69, 9.17) is 11.6 Å². The molecule has 0 aliphatic carbocycles. The van der Waals surface area contributed by atoms with Gasteiger partial charge in [0, 0.05) is 43.0 Å². The third-order valence-corrected chi connectivity index (χ3v) is 5.28. The van der Waals surface area contributed by atoms with Gasteiger partial charge in [-0.3, -0.25) is 9.78 Å². The molecule has 1 aliphatic rings. The third kappa shape index (κ3) is 4.35. The van der Waals surface area contributed by atoms with Crippen LogP contribution in [0.3, 0.4) is 0 Å². The zero-order chi connectivity index (χ0) is 20.2. The summed E-state index contributed by atoms with van der Waals surface area (Å²) in [6.07, 6.45) is 1.68. The van der Waals surface area contributed by atoms with Gasteiger partial charge in [-0.15, -0.1) is 10.2 Å². The van der Waals surface area contributed by atoms with Crippen LogP contribution in [0.15, 0.2) is 54.7 Å². The van der Waals surface area contributed by atoms with E-state index in [1.54, 1.807) is 17.2 Å². The molecular formula is C21H19ClFN5O. The fraction of sp³-hybridized carbons (Fsp3) is 0.238. The largest absolute Gasteiger partial charge is 0.352 e. The van der Waals surface area contributed by atoms with Crippen molar-refractivity contribution >= 4 is 23.3 Å². The second-order valence-corrected chi connectivity index (χ2v) is 7.14. The lowest BCUT2D eigenvalue weighted by Gasteiger charge is -2.35. The minimum atomic E-state index is -0.451. The van der Waals surface area contributed by atoms with Crippen LogP contribution in [-0.2, 0) is 11.2 Å². The molecular weight excluding hydrogens is 393 g/mol. The highest BCUT2D eigenvalue weighted by Crippen LogP contribution is 2.21. The van der Waals surface area contributed by atoms with E-state index < -0.39 is 5.82 Å². The molecule has 29 heavy (non-hydrogen) atoms. The van der Waals surface area contributed by atoms with Crippen molar-refractivity contribution in [2.45, 2.75) is 6.42 Å². The molecule has 1 saturated heterocycles. The Labute approximate surface area is 173 Å². The van der Waals surface area contributed by atoms with Crippen LogP contribution in [0, 0.1) is 5.82 Å². The van der Waals surface area contributed by atoms with E-state index in [0.29, 0.717) is 31.9 Å². The normalized spacial score (nSPS) is 14.1. The van der Waals surface area contributed by atoms with Crippen molar-refractivity contribution in [3.05, 3.63) is 71.1 Å². The molecule has 0 atom stereocenters. The quantitative estimate of drug-likeness (QED) is 0.659. The SMILES string of the molecule is O=C(Cc1c(F)cccc1Cl)N1CCN(c2ccc(-c3ccccn3)nn2)CC1. The minimum Gasteiger partial charge on any atom is -0.352 e. The van der Waals surface area contributed by atoms with Crippen molar-refractivity contribution in [3.8, 4) is 11.4 Å². The van der Waals surface area contributed by atoms with Gasteiger partial charge in [-0.2, -0.15) is 0 Å².